The molecular weight excluding hydrogens is 215 g/mol. The van der Waals surface area contributed by atoms with Crippen LogP contribution in [0.1, 0.15) is 29.6 Å². The Morgan fingerprint density at radius 2 is 2.27 bits per heavy atom. The first kappa shape index (κ1) is 11.7. The van der Waals surface area contributed by atoms with Crippen LogP contribution in [-0.4, -0.2) is 5.78 Å². The van der Waals surface area contributed by atoms with Gasteiger partial charge in [-0.2, -0.15) is 0 Å². The molecule has 0 unspecified atom stereocenters. The first-order valence-electron chi connectivity index (χ1n) is 4.57. The number of benzene rings is 1. The molecule has 0 aliphatic carbocycles. The van der Waals surface area contributed by atoms with Crippen molar-refractivity contribution in [1.82, 2.24) is 0 Å². The highest BCUT2D eigenvalue weighted by Gasteiger charge is 2.14. The lowest BCUT2D eigenvalue weighted by molar-refractivity contribution is 0.0977. The lowest BCUT2D eigenvalue weighted by atomic mass is 10.1. The van der Waals surface area contributed by atoms with Crippen LogP contribution in [0.4, 0.5) is 4.39 Å². The molecule has 0 N–H and O–H groups in total. The van der Waals surface area contributed by atoms with Crippen LogP contribution in [0.25, 0.3) is 0 Å². The van der Waals surface area contributed by atoms with Gasteiger partial charge in [-0.15, -0.1) is 12.3 Å². The lowest BCUT2D eigenvalue weighted by Gasteiger charge is -2.03. The summed E-state index contributed by atoms with van der Waals surface area (Å²) in [6.07, 6.45) is 6.35. The summed E-state index contributed by atoms with van der Waals surface area (Å²) >= 11 is 5.74. The van der Waals surface area contributed by atoms with E-state index in [9.17, 15) is 9.18 Å². The van der Waals surface area contributed by atoms with E-state index in [1.807, 2.05) is 0 Å². The van der Waals surface area contributed by atoms with Crippen molar-refractivity contribution in [2.75, 3.05) is 0 Å². The van der Waals surface area contributed by atoms with E-state index in [0.717, 1.165) is 0 Å². The van der Waals surface area contributed by atoms with Gasteiger partial charge in [-0.05, 0) is 18.6 Å². The van der Waals surface area contributed by atoms with Gasteiger partial charge in [-0.1, -0.05) is 17.7 Å². The Morgan fingerprint density at radius 3 is 2.87 bits per heavy atom. The van der Waals surface area contributed by atoms with Crippen LogP contribution in [0.5, 0.6) is 0 Å². The smallest absolute Gasteiger partial charge is 0.167 e. The highest BCUT2D eigenvalue weighted by molar-refractivity contribution is 6.34. The van der Waals surface area contributed by atoms with E-state index < -0.39 is 5.82 Å². The molecule has 3 heteroatoms. The summed E-state index contributed by atoms with van der Waals surface area (Å²) in [6, 6.07) is 4.19. The van der Waals surface area contributed by atoms with Gasteiger partial charge in [0.05, 0.1) is 10.6 Å². The van der Waals surface area contributed by atoms with Crippen molar-refractivity contribution in [2.45, 2.75) is 19.3 Å². The van der Waals surface area contributed by atoms with E-state index in [1.165, 1.54) is 18.2 Å². The second kappa shape index (κ2) is 5.53. The average Bonchev–Trinajstić information content (AvgIpc) is 2.18. The number of hydrogen-bond donors (Lipinski definition) is 0. The molecule has 15 heavy (non-hydrogen) atoms. The summed E-state index contributed by atoms with van der Waals surface area (Å²) in [6.45, 7) is 0. The van der Waals surface area contributed by atoms with Gasteiger partial charge >= 0.3 is 0 Å². The number of terminal acetylenes is 1. The number of hydrogen-bond acceptors (Lipinski definition) is 1. The molecule has 1 nitrogen and oxygen atoms in total. The van der Waals surface area contributed by atoms with E-state index in [4.69, 9.17) is 18.0 Å². The van der Waals surface area contributed by atoms with Gasteiger partial charge in [0.25, 0.3) is 0 Å². The van der Waals surface area contributed by atoms with Gasteiger partial charge in [-0.3, -0.25) is 4.79 Å². The van der Waals surface area contributed by atoms with E-state index in [0.29, 0.717) is 12.8 Å². The van der Waals surface area contributed by atoms with Crippen molar-refractivity contribution in [2.24, 2.45) is 0 Å². The molecule has 0 atom stereocenters. The van der Waals surface area contributed by atoms with Gasteiger partial charge in [-0.25, -0.2) is 4.39 Å². The first-order chi connectivity index (χ1) is 7.16. The number of unbranched alkanes of at least 4 members (excludes halogenated alkanes) is 1. The Kier molecular flexibility index (Phi) is 4.33. The monoisotopic (exact) mass is 224 g/mol. The first-order valence-corrected chi connectivity index (χ1v) is 4.95. The quantitative estimate of drug-likeness (QED) is 0.435. The fourth-order valence-electron chi connectivity index (χ4n) is 1.24. The third-order valence-corrected chi connectivity index (χ3v) is 2.28. The van der Waals surface area contributed by atoms with Gasteiger partial charge in [0.15, 0.2) is 5.78 Å². The number of carbonyl (C=O) groups is 1. The molecule has 0 aromatic heterocycles. The summed E-state index contributed by atoms with van der Waals surface area (Å²) < 4.78 is 13.3. The van der Waals surface area contributed by atoms with Gasteiger partial charge in [0.2, 0.25) is 0 Å². The summed E-state index contributed by atoms with van der Waals surface area (Å²) in [5, 5.41) is 0.153. The predicted molar refractivity (Wildman–Crippen MR) is 58.4 cm³/mol. The summed E-state index contributed by atoms with van der Waals surface area (Å²) in [5.41, 5.74) is -0.0313. The molecule has 0 fully saturated rings. The Morgan fingerprint density at radius 1 is 1.53 bits per heavy atom. The van der Waals surface area contributed by atoms with Gasteiger partial charge in [0, 0.05) is 12.8 Å². The topological polar surface area (TPSA) is 17.1 Å². The minimum Gasteiger partial charge on any atom is -0.294 e. The van der Waals surface area contributed by atoms with E-state index in [-0.39, 0.29) is 22.8 Å². The van der Waals surface area contributed by atoms with E-state index in [1.54, 1.807) is 0 Å². The van der Waals surface area contributed by atoms with Crippen LogP contribution < -0.4 is 0 Å². The predicted octanol–water partition coefficient (Wildman–Crippen LogP) is 3.47. The highest BCUT2D eigenvalue weighted by atomic mass is 35.5. The molecule has 0 amide bonds. The minimum absolute atomic E-state index is 0.0313. The van der Waals surface area contributed by atoms with Gasteiger partial charge < -0.3 is 0 Å². The van der Waals surface area contributed by atoms with Crippen LogP contribution in [0, 0.1) is 18.2 Å². The standard InChI is InChI=1S/C12H10ClFO/c1-2-3-4-8-11(15)12-9(13)6-5-7-10(12)14/h1,5-7H,3-4,8H2. The second-order valence-electron chi connectivity index (χ2n) is 3.08. The van der Waals surface area contributed by atoms with Crippen molar-refractivity contribution < 1.29 is 9.18 Å². The molecule has 78 valence electrons. The lowest BCUT2D eigenvalue weighted by Crippen LogP contribution is -2.03. The summed E-state index contributed by atoms with van der Waals surface area (Å²) in [7, 11) is 0. The van der Waals surface area contributed by atoms with Crippen LogP contribution >= 0.6 is 11.6 Å². The fraction of sp³-hybridized carbons (Fsp3) is 0.250. The molecule has 1 rings (SSSR count). The van der Waals surface area contributed by atoms with Crippen LogP contribution in [0.3, 0.4) is 0 Å². The maximum atomic E-state index is 13.3. The largest absolute Gasteiger partial charge is 0.294 e. The Balaban J connectivity index is 2.78. The summed E-state index contributed by atoms with van der Waals surface area (Å²) in [4.78, 5) is 11.6. The Labute approximate surface area is 93.3 Å². The molecule has 0 saturated heterocycles. The molecule has 0 aliphatic heterocycles. The van der Waals surface area contributed by atoms with Crippen LogP contribution in [-0.2, 0) is 0 Å². The molecule has 1 aromatic carbocycles. The number of ketones is 1. The van der Waals surface area contributed by atoms with E-state index >= 15 is 0 Å². The average molecular weight is 225 g/mol. The molecule has 0 heterocycles. The zero-order valence-corrected chi connectivity index (χ0v) is 8.85. The van der Waals surface area contributed by atoms with Gasteiger partial charge in [0.1, 0.15) is 5.82 Å². The number of Topliss-reactive ketones (excluding diaryl/α,β-unsaturated/α-hetero) is 1. The Hall–Kier alpha value is -1.33. The molecule has 0 bridgehead atoms. The third kappa shape index (κ3) is 3.07. The summed E-state index contributed by atoms with van der Waals surface area (Å²) in [5.74, 6) is 1.55. The third-order valence-electron chi connectivity index (χ3n) is 1.97. The van der Waals surface area contributed by atoms with Crippen molar-refractivity contribution in [3.63, 3.8) is 0 Å². The number of halogens is 2. The molecule has 0 saturated carbocycles. The van der Waals surface area contributed by atoms with Crippen molar-refractivity contribution in [3.8, 4) is 12.3 Å². The van der Waals surface area contributed by atoms with E-state index in [2.05, 4.69) is 5.92 Å². The molecular formula is C12H10ClFO. The zero-order valence-electron chi connectivity index (χ0n) is 8.09. The SMILES string of the molecule is C#CCCCC(=O)c1c(F)cccc1Cl. The molecule has 0 radical (unpaired) electrons. The maximum absolute atomic E-state index is 13.3. The van der Waals surface area contributed by atoms with Crippen LogP contribution in [0.15, 0.2) is 18.2 Å². The molecule has 1 aromatic rings. The normalized spacial score (nSPS) is 9.67. The zero-order chi connectivity index (χ0) is 11.3. The second-order valence-corrected chi connectivity index (χ2v) is 3.48. The van der Waals surface area contributed by atoms with Crippen molar-refractivity contribution in [3.05, 3.63) is 34.6 Å². The number of carbonyl (C=O) groups excluding carboxylic acids is 1. The fourth-order valence-corrected chi connectivity index (χ4v) is 1.51. The number of rotatable bonds is 4. The minimum atomic E-state index is -0.576. The highest BCUT2D eigenvalue weighted by Crippen LogP contribution is 2.21. The maximum Gasteiger partial charge on any atom is 0.167 e. The van der Waals surface area contributed by atoms with Crippen molar-refractivity contribution in [1.29, 1.82) is 0 Å². The molecule has 0 aliphatic rings. The van der Waals surface area contributed by atoms with Crippen molar-refractivity contribution >= 4 is 17.4 Å². The Bertz CT molecular complexity index is 386. The van der Waals surface area contributed by atoms with Crippen LogP contribution in [0.2, 0.25) is 5.02 Å². The molecule has 0 spiro atoms.